The predicted octanol–water partition coefficient (Wildman–Crippen LogP) is 7.17. The van der Waals surface area contributed by atoms with Crippen LogP contribution in [0.2, 0.25) is 0 Å². The van der Waals surface area contributed by atoms with Crippen LogP contribution in [0.3, 0.4) is 0 Å². The Balaban J connectivity index is 2.96. The monoisotopic (exact) mass is 366 g/mol. The van der Waals surface area contributed by atoms with E-state index in [1.54, 1.807) is 0 Å². The molecule has 0 saturated heterocycles. The first-order valence-electron chi connectivity index (χ1n) is 9.45. The molecule has 0 bridgehead atoms. The van der Waals surface area contributed by atoms with Crippen LogP contribution in [-0.4, -0.2) is 13.2 Å². The van der Waals surface area contributed by atoms with E-state index >= 15 is 0 Å². The lowest BCUT2D eigenvalue weighted by molar-refractivity contribution is 0.212. The molecule has 1 rings (SSSR count). The van der Waals surface area contributed by atoms with Crippen LogP contribution in [0.25, 0.3) is 0 Å². The molecule has 0 amide bonds. The zero-order valence-corrected chi connectivity index (χ0v) is 17.7. The van der Waals surface area contributed by atoms with Crippen molar-refractivity contribution < 1.29 is 13.6 Å². The van der Waals surface area contributed by atoms with Crippen molar-refractivity contribution >= 4 is 7.60 Å². The minimum Gasteiger partial charge on any atom is -0.305 e. The van der Waals surface area contributed by atoms with Crippen LogP contribution in [0.4, 0.5) is 0 Å². The minimum absolute atomic E-state index is 0.215. The van der Waals surface area contributed by atoms with E-state index in [4.69, 9.17) is 9.05 Å². The molecule has 25 heavy (non-hydrogen) atoms. The summed E-state index contributed by atoms with van der Waals surface area (Å²) in [6, 6.07) is 0. The number of rotatable bonds is 9. The van der Waals surface area contributed by atoms with Gasteiger partial charge in [-0.1, -0.05) is 45.4 Å². The van der Waals surface area contributed by atoms with Gasteiger partial charge in [0.1, 0.15) is 0 Å². The van der Waals surface area contributed by atoms with Gasteiger partial charge in [-0.25, -0.2) is 0 Å². The quantitative estimate of drug-likeness (QED) is 0.246. The molecule has 0 spiro atoms. The number of hydrogen-bond acceptors (Lipinski definition) is 3. The van der Waals surface area contributed by atoms with Crippen LogP contribution in [-0.2, 0) is 13.6 Å². The largest absolute Gasteiger partial charge is 0.361 e. The van der Waals surface area contributed by atoms with Crippen molar-refractivity contribution in [1.29, 1.82) is 0 Å². The standard InChI is InChI=1S/C21H35O3P/c1-7-15-23-25(22,24-16-8-2)17-13-18(3)11-12-20-19(4)10-9-14-21(20,5)6/h11-12,17H,7-10,14-16H2,1-6H3. The van der Waals surface area contributed by atoms with Crippen molar-refractivity contribution in [2.75, 3.05) is 13.2 Å². The predicted molar refractivity (Wildman–Crippen MR) is 107 cm³/mol. The highest BCUT2D eigenvalue weighted by Gasteiger charge is 2.26. The smallest absolute Gasteiger partial charge is 0.305 e. The molecule has 0 N–H and O–H groups in total. The third-order valence-corrected chi connectivity index (χ3v) is 5.97. The highest BCUT2D eigenvalue weighted by atomic mass is 31.2. The van der Waals surface area contributed by atoms with E-state index in [9.17, 15) is 4.57 Å². The Labute approximate surface area is 154 Å². The fourth-order valence-corrected chi connectivity index (χ4v) is 4.46. The first-order chi connectivity index (χ1) is 11.7. The topological polar surface area (TPSA) is 35.5 Å². The molecular weight excluding hydrogens is 331 g/mol. The van der Waals surface area contributed by atoms with Crippen LogP contribution >= 0.6 is 7.60 Å². The third-order valence-electron chi connectivity index (χ3n) is 4.44. The van der Waals surface area contributed by atoms with Gasteiger partial charge in [-0.2, -0.15) is 0 Å². The molecule has 0 atom stereocenters. The summed E-state index contributed by atoms with van der Waals surface area (Å²) in [4.78, 5) is 0. The molecule has 0 unspecified atom stereocenters. The first kappa shape index (κ1) is 22.2. The van der Waals surface area contributed by atoms with E-state index < -0.39 is 7.60 Å². The molecule has 0 aliphatic heterocycles. The second kappa shape index (κ2) is 10.3. The molecule has 0 heterocycles. The summed E-state index contributed by atoms with van der Waals surface area (Å²) in [6.45, 7) is 13.6. The molecular formula is C21H35O3P. The average Bonchev–Trinajstić information content (AvgIpc) is 2.55. The Morgan fingerprint density at radius 3 is 2.36 bits per heavy atom. The lowest BCUT2D eigenvalue weighted by Crippen LogP contribution is -2.19. The summed E-state index contributed by atoms with van der Waals surface area (Å²) in [5.41, 5.74) is 7.10. The second-order valence-electron chi connectivity index (χ2n) is 7.43. The Morgan fingerprint density at radius 1 is 1.24 bits per heavy atom. The second-order valence-corrected chi connectivity index (χ2v) is 9.28. The number of allylic oxidation sites excluding steroid dienone is 5. The van der Waals surface area contributed by atoms with Gasteiger partial charge in [0.05, 0.1) is 19.0 Å². The molecule has 1 aliphatic carbocycles. The summed E-state index contributed by atoms with van der Waals surface area (Å²) >= 11 is 0. The summed E-state index contributed by atoms with van der Waals surface area (Å²) in [6.07, 6.45) is 9.50. The van der Waals surface area contributed by atoms with Gasteiger partial charge in [-0.3, -0.25) is 4.57 Å². The van der Waals surface area contributed by atoms with E-state index in [-0.39, 0.29) is 5.41 Å². The van der Waals surface area contributed by atoms with Crippen molar-refractivity contribution in [3.8, 4) is 0 Å². The normalized spacial score (nSPS) is 17.7. The van der Waals surface area contributed by atoms with Crippen molar-refractivity contribution in [2.24, 2.45) is 5.41 Å². The Bertz CT molecular complexity index is 593. The van der Waals surface area contributed by atoms with Crippen LogP contribution < -0.4 is 0 Å². The SMILES string of the molecule is CCCOP(=O)(C=C=C(C)C=CC1=C(C)CCCC1(C)C)OCCC. The molecule has 0 fully saturated rings. The summed E-state index contributed by atoms with van der Waals surface area (Å²) in [7, 11) is -3.20. The highest BCUT2D eigenvalue weighted by molar-refractivity contribution is 7.57. The zero-order chi connectivity index (χ0) is 18.9. The maximum absolute atomic E-state index is 12.7. The molecule has 0 aromatic carbocycles. The third kappa shape index (κ3) is 7.50. The molecule has 142 valence electrons. The van der Waals surface area contributed by atoms with Gasteiger partial charge in [0.25, 0.3) is 0 Å². The van der Waals surface area contributed by atoms with Crippen molar-refractivity contribution in [2.45, 2.75) is 73.6 Å². The fraction of sp³-hybridized carbons (Fsp3) is 0.667. The molecule has 1 aliphatic rings. The van der Waals surface area contributed by atoms with E-state index in [1.807, 2.05) is 26.8 Å². The summed E-state index contributed by atoms with van der Waals surface area (Å²) in [5.74, 6) is 1.48. The van der Waals surface area contributed by atoms with Crippen LogP contribution in [0.15, 0.2) is 40.4 Å². The zero-order valence-electron chi connectivity index (χ0n) is 16.9. The molecule has 0 radical (unpaired) electrons. The minimum atomic E-state index is -3.20. The lowest BCUT2D eigenvalue weighted by Gasteiger charge is -2.32. The van der Waals surface area contributed by atoms with Gasteiger partial charge in [-0.15, -0.1) is 5.73 Å². The van der Waals surface area contributed by atoms with Crippen molar-refractivity contribution in [1.82, 2.24) is 0 Å². The van der Waals surface area contributed by atoms with E-state index in [1.165, 1.54) is 36.2 Å². The van der Waals surface area contributed by atoms with Gasteiger partial charge in [0.15, 0.2) is 0 Å². The maximum Gasteiger partial charge on any atom is 0.361 e. The Hall–Kier alpha value is -0.850. The molecule has 0 aromatic rings. The Morgan fingerprint density at radius 2 is 1.84 bits per heavy atom. The van der Waals surface area contributed by atoms with E-state index in [0.717, 1.165) is 18.4 Å². The fourth-order valence-electron chi connectivity index (χ4n) is 3.00. The summed E-state index contributed by atoms with van der Waals surface area (Å²) < 4.78 is 23.6. The van der Waals surface area contributed by atoms with E-state index in [0.29, 0.717) is 13.2 Å². The first-order valence-corrected chi connectivity index (χ1v) is 11.1. The Kier molecular flexibility index (Phi) is 9.17. The number of hydrogen-bond donors (Lipinski definition) is 0. The van der Waals surface area contributed by atoms with Gasteiger partial charge >= 0.3 is 7.60 Å². The van der Waals surface area contributed by atoms with Crippen LogP contribution in [0, 0.1) is 5.41 Å². The van der Waals surface area contributed by atoms with Gasteiger partial charge in [0.2, 0.25) is 0 Å². The highest BCUT2D eigenvalue weighted by Crippen LogP contribution is 2.49. The van der Waals surface area contributed by atoms with Gasteiger partial charge < -0.3 is 9.05 Å². The van der Waals surface area contributed by atoms with Gasteiger partial charge in [-0.05, 0) is 62.5 Å². The van der Waals surface area contributed by atoms with E-state index in [2.05, 4.69) is 32.6 Å². The maximum atomic E-state index is 12.7. The molecule has 0 saturated carbocycles. The van der Waals surface area contributed by atoms with Crippen LogP contribution in [0.5, 0.6) is 0 Å². The molecule has 4 heteroatoms. The lowest BCUT2D eigenvalue weighted by atomic mass is 9.72. The molecule has 3 nitrogen and oxygen atoms in total. The van der Waals surface area contributed by atoms with Gasteiger partial charge in [0, 0.05) is 0 Å². The van der Waals surface area contributed by atoms with Crippen molar-refractivity contribution in [3.63, 3.8) is 0 Å². The van der Waals surface area contributed by atoms with Crippen molar-refractivity contribution in [3.05, 3.63) is 40.4 Å². The average molecular weight is 366 g/mol. The summed E-state index contributed by atoms with van der Waals surface area (Å²) in [5, 5.41) is 0. The van der Waals surface area contributed by atoms with Crippen LogP contribution in [0.1, 0.15) is 73.6 Å². The molecule has 0 aromatic heterocycles.